The lowest BCUT2D eigenvalue weighted by Crippen LogP contribution is -2.44. The maximum atomic E-state index is 2.41. The Kier molecular flexibility index (Phi) is 2.04. The molecule has 9 heavy (non-hydrogen) atoms. The Labute approximate surface area is 65.1 Å². The summed E-state index contributed by atoms with van der Waals surface area (Å²) < 4.78 is 2.41. The minimum absolute atomic E-state index is 0.343. The van der Waals surface area contributed by atoms with Crippen molar-refractivity contribution in [1.82, 2.24) is 4.31 Å². The molecule has 1 rings (SSSR count). The van der Waals surface area contributed by atoms with Gasteiger partial charge in [0.15, 0.2) is 0 Å². The van der Waals surface area contributed by atoms with Crippen molar-refractivity contribution in [2.75, 3.05) is 0 Å². The van der Waals surface area contributed by atoms with Crippen LogP contribution in [0.4, 0.5) is 0 Å². The first-order valence-corrected chi connectivity index (χ1v) is 5.31. The fourth-order valence-electron chi connectivity index (χ4n) is 0.829. The van der Waals surface area contributed by atoms with Crippen LogP contribution >= 0.6 is 21.8 Å². The number of hydrogen-bond acceptors (Lipinski definition) is 3. The van der Waals surface area contributed by atoms with E-state index in [2.05, 4.69) is 32.0 Å². The Hall–Kier alpha value is 0.660. The van der Waals surface area contributed by atoms with Crippen LogP contribution in [0, 0.1) is 0 Å². The zero-order valence-corrected chi connectivity index (χ0v) is 7.97. The van der Waals surface area contributed by atoms with Crippen LogP contribution in [0.3, 0.4) is 0 Å². The lowest BCUT2D eigenvalue weighted by molar-refractivity contribution is 0.264. The molecule has 0 spiro atoms. The molecule has 1 heterocycles. The van der Waals surface area contributed by atoms with E-state index in [1.165, 1.54) is 0 Å². The summed E-state index contributed by atoms with van der Waals surface area (Å²) in [4.78, 5) is 0. The van der Waals surface area contributed by atoms with Crippen molar-refractivity contribution < 1.29 is 0 Å². The minimum Gasteiger partial charge on any atom is -0.222 e. The van der Waals surface area contributed by atoms with Crippen molar-refractivity contribution in [1.29, 1.82) is 0 Å². The fourth-order valence-corrected chi connectivity index (χ4v) is 3.42. The Morgan fingerprint density at radius 1 is 1.33 bits per heavy atom. The van der Waals surface area contributed by atoms with Crippen LogP contribution in [0.2, 0.25) is 0 Å². The van der Waals surface area contributed by atoms with Crippen LogP contribution in [-0.4, -0.2) is 15.2 Å². The molecular weight excluding hydrogens is 150 g/mol. The Morgan fingerprint density at radius 2 is 1.89 bits per heavy atom. The van der Waals surface area contributed by atoms with Gasteiger partial charge in [0, 0.05) is 5.54 Å². The molecule has 0 aromatic rings. The van der Waals surface area contributed by atoms with E-state index in [-0.39, 0.29) is 0 Å². The smallest absolute Gasteiger partial charge is 0.0757 e. The standard InChI is InChI=1S/C6H13NS2/c1-5-7(9-8-5)6(2,3)4/h5H,1-4H3. The quantitative estimate of drug-likeness (QED) is 0.399. The van der Waals surface area contributed by atoms with E-state index in [0.717, 1.165) is 0 Å². The lowest BCUT2D eigenvalue weighted by Gasteiger charge is -2.44. The van der Waals surface area contributed by atoms with Crippen molar-refractivity contribution in [2.45, 2.75) is 38.6 Å². The summed E-state index contributed by atoms with van der Waals surface area (Å²) in [6.07, 6.45) is 0. The van der Waals surface area contributed by atoms with Gasteiger partial charge in [0.2, 0.25) is 0 Å². The molecule has 0 aromatic carbocycles. The fraction of sp³-hybridized carbons (Fsp3) is 1.00. The first kappa shape index (κ1) is 7.76. The molecule has 1 unspecified atom stereocenters. The monoisotopic (exact) mass is 163 g/mol. The van der Waals surface area contributed by atoms with Crippen LogP contribution in [0.15, 0.2) is 0 Å². The summed E-state index contributed by atoms with van der Waals surface area (Å²) >= 11 is 0. The molecule has 54 valence electrons. The van der Waals surface area contributed by atoms with E-state index in [1.807, 2.05) is 21.8 Å². The molecule has 0 bridgehead atoms. The predicted octanol–water partition coefficient (Wildman–Crippen LogP) is 2.74. The molecule has 1 atom stereocenters. The third-order valence-electron chi connectivity index (χ3n) is 1.25. The van der Waals surface area contributed by atoms with Gasteiger partial charge in [-0.25, -0.2) is 4.31 Å². The molecule has 0 aliphatic carbocycles. The summed E-state index contributed by atoms with van der Waals surface area (Å²) in [6.45, 7) is 8.98. The van der Waals surface area contributed by atoms with Gasteiger partial charge in [-0.2, -0.15) is 0 Å². The van der Waals surface area contributed by atoms with Crippen molar-refractivity contribution >= 4 is 21.8 Å². The normalized spacial score (nSPS) is 30.0. The highest BCUT2D eigenvalue weighted by atomic mass is 33.1. The molecule has 0 N–H and O–H groups in total. The second-order valence-corrected chi connectivity index (χ2v) is 5.71. The average molecular weight is 163 g/mol. The van der Waals surface area contributed by atoms with E-state index in [1.54, 1.807) is 0 Å². The lowest BCUT2D eigenvalue weighted by atomic mass is 10.1. The van der Waals surface area contributed by atoms with Crippen molar-refractivity contribution in [2.24, 2.45) is 0 Å². The average Bonchev–Trinajstić information content (AvgIpc) is 1.57. The second-order valence-electron chi connectivity index (χ2n) is 3.27. The van der Waals surface area contributed by atoms with E-state index in [9.17, 15) is 0 Å². The molecule has 1 nitrogen and oxygen atoms in total. The van der Waals surface area contributed by atoms with E-state index in [0.29, 0.717) is 10.9 Å². The SMILES string of the molecule is CC1SSN1C(C)(C)C. The topological polar surface area (TPSA) is 3.24 Å². The Morgan fingerprint density at radius 3 is 1.89 bits per heavy atom. The first-order valence-electron chi connectivity index (χ1n) is 3.14. The molecule has 0 radical (unpaired) electrons. The molecule has 1 fully saturated rings. The molecule has 0 amide bonds. The summed E-state index contributed by atoms with van der Waals surface area (Å²) in [5.41, 5.74) is 0.343. The van der Waals surface area contributed by atoms with Crippen LogP contribution in [-0.2, 0) is 0 Å². The number of hydrogen-bond donors (Lipinski definition) is 0. The predicted molar refractivity (Wildman–Crippen MR) is 46.2 cm³/mol. The van der Waals surface area contributed by atoms with Gasteiger partial charge < -0.3 is 0 Å². The van der Waals surface area contributed by atoms with Gasteiger partial charge in [-0.15, -0.1) is 0 Å². The molecule has 3 heteroatoms. The third kappa shape index (κ3) is 1.57. The molecule has 0 saturated carbocycles. The van der Waals surface area contributed by atoms with E-state index >= 15 is 0 Å². The molecule has 1 aliphatic heterocycles. The van der Waals surface area contributed by atoms with Crippen molar-refractivity contribution in [3.8, 4) is 0 Å². The molecular formula is C6H13NS2. The van der Waals surface area contributed by atoms with E-state index < -0.39 is 0 Å². The van der Waals surface area contributed by atoms with Gasteiger partial charge >= 0.3 is 0 Å². The maximum Gasteiger partial charge on any atom is 0.0757 e. The van der Waals surface area contributed by atoms with Crippen LogP contribution in [0.1, 0.15) is 27.7 Å². The van der Waals surface area contributed by atoms with Crippen molar-refractivity contribution in [3.63, 3.8) is 0 Å². The highest BCUT2D eigenvalue weighted by Gasteiger charge is 2.35. The van der Waals surface area contributed by atoms with Gasteiger partial charge in [0.05, 0.1) is 5.37 Å². The summed E-state index contributed by atoms with van der Waals surface area (Å²) in [5, 5.41) is 0.704. The molecule has 1 aliphatic rings. The highest BCUT2D eigenvalue weighted by molar-refractivity contribution is 8.78. The summed E-state index contributed by atoms with van der Waals surface area (Å²) in [5.74, 6) is 0. The minimum atomic E-state index is 0.343. The van der Waals surface area contributed by atoms with Gasteiger partial charge in [-0.1, -0.05) is 10.8 Å². The zero-order chi connectivity index (χ0) is 7.07. The Balaban J connectivity index is 2.44. The maximum absolute atomic E-state index is 2.41. The van der Waals surface area contributed by atoms with Crippen LogP contribution < -0.4 is 0 Å². The van der Waals surface area contributed by atoms with Crippen LogP contribution in [0.5, 0.6) is 0 Å². The highest BCUT2D eigenvalue weighted by Crippen LogP contribution is 2.50. The summed E-state index contributed by atoms with van der Waals surface area (Å²) in [6, 6.07) is 0. The van der Waals surface area contributed by atoms with E-state index in [4.69, 9.17) is 0 Å². The van der Waals surface area contributed by atoms with Gasteiger partial charge in [0.1, 0.15) is 0 Å². The summed E-state index contributed by atoms with van der Waals surface area (Å²) in [7, 11) is 3.81. The largest absolute Gasteiger partial charge is 0.222 e. The third-order valence-corrected chi connectivity index (χ3v) is 4.56. The van der Waals surface area contributed by atoms with Crippen molar-refractivity contribution in [3.05, 3.63) is 0 Å². The van der Waals surface area contributed by atoms with Gasteiger partial charge in [-0.05, 0) is 38.7 Å². The van der Waals surface area contributed by atoms with Crippen LogP contribution in [0.25, 0.3) is 0 Å². The molecule has 1 saturated heterocycles. The number of rotatable bonds is 0. The first-order chi connectivity index (χ1) is 4.02. The van der Waals surface area contributed by atoms with Gasteiger partial charge in [0.25, 0.3) is 0 Å². The molecule has 0 aromatic heterocycles. The second kappa shape index (κ2) is 2.36. The number of nitrogens with zero attached hydrogens (tertiary/aromatic N) is 1. The van der Waals surface area contributed by atoms with Gasteiger partial charge in [-0.3, -0.25) is 0 Å². The zero-order valence-electron chi connectivity index (χ0n) is 6.34. The Bertz CT molecular complexity index is 108.